The van der Waals surface area contributed by atoms with Crippen LogP contribution in [0.25, 0.3) is 11.0 Å². The zero-order valence-electron chi connectivity index (χ0n) is 15.7. The van der Waals surface area contributed by atoms with E-state index in [0.717, 1.165) is 42.6 Å². The summed E-state index contributed by atoms with van der Waals surface area (Å²) in [5.41, 5.74) is 1.83. The molecule has 0 spiro atoms. The van der Waals surface area contributed by atoms with Gasteiger partial charge in [-0.25, -0.2) is 0 Å². The van der Waals surface area contributed by atoms with Crippen LogP contribution in [-0.4, -0.2) is 40.7 Å². The minimum absolute atomic E-state index is 0.0305. The molecule has 1 saturated heterocycles. The van der Waals surface area contributed by atoms with Gasteiger partial charge < -0.3 is 14.1 Å². The fraction of sp³-hybridized carbons (Fsp3) is 0.409. The van der Waals surface area contributed by atoms with Gasteiger partial charge in [0.25, 0.3) is 5.91 Å². The molecule has 0 radical (unpaired) electrons. The summed E-state index contributed by atoms with van der Waals surface area (Å²) < 4.78 is 11.5. The van der Waals surface area contributed by atoms with E-state index in [-0.39, 0.29) is 5.91 Å². The topological polar surface area (TPSA) is 68.5 Å². The van der Waals surface area contributed by atoms with Crippen molar-refractivity contribution in [3.05, 3.63) is 53.9 Å². The number of furan rings is 1. The van der Waals surface area contributed by atoms with Crippen molar-refractivity contribution in [2.75, 3.05) is 19.7 Å². The smallest absolute Gasteiger partial charge is 0.289 e. The average molecular weight is 377 g/mol. The molecule has 1 amide bonds. The number of fused-ring (bicyclic) bond motifs is 1. The quantitative estimate of drug-likeness (QED) is 0.671. The minimum atomic E-state index is -0.0305. The summed E-state index contributed by atoms with van der Waals surface area (Å²) in [5.74, 6) is 2.00. The molecule has 144 valence electrons. The molecular formula is C22H23N3O3. The standard InChI is InChI=1S/C22H23N3O3/c26-22(20-13-17-3-1-2-4-19(17)28-20)25-11-9-15(10-12-25)14-27-21-8-7-18(23-24-21)16-5-6-16/h1-4,7-8,13,15-16H,5-6,9-12,14H2. The molecule has 2 aromatic heterocycles. The second kappa shape index (κ2) is 7.26. The van der Waals surface area contributed by atoms with Crippen molar-refractivity contribution >= 4 is 16.9 Å². The number of carbonyl (C=O) groups is 1. The van der Waals surface area contributed by atoms with Gasteiger partial charge in [0.15, 0.2) is 5.76 Å². The third kappa shape index (κ3) is 3.59. The summed E-state index contributed by atoms with van der Waals surface area (Å²) in [6, 6.07) is 13.5. The fourth-order valence-corrected chi connectivity index (χ4v) is 3.75. The maximum absolute atomic E-state index is 12.7. The summed E-state index contributed by atoms with van der Waals surface area (Å²) in [7, 11) is 0. The Bertz CT molecular complexity index is 937. The summed E-state index contributed by atoms with van der Waals surface area (Å²) in [5, 5.41) is 9.39. The SMILES string of the molecule is O=C(c1cc2ccccc2o1)N1CCC(COc2ccc(C3CC3)nn2)CC1. The normalized spacial score (nSPS) is 17.8. The van der Waals surface area contributed by atoms with Crippen molar-refractivity contribution in [3.8, 4) is 5.88 Å². The van der Waals surface area contributed by atoms with Crippen LogP contribution in [0, 0.1) is 5.92 Å². The van der Waals surface area contributed by atoms with Gasteiger partial charge in [0.2, 0.25) is 5.88 Å². The first-order valence-electron chi connectivity index (χ1n) is 10.0. The average Bonchev–Trinajstić information content (AvgIpc) is 3.50. The lowest BCUT2D eigenvalue weighted by Gasteiger charge is -2.31. The molecule has 1 aromatic carbocycles. The number of para-hydroxylation sites is 1. The number of carbonyl (C=O) groups excluding carboxylic acids is 1. The fourth-order valence-electron chi connectivity index (χ4n) is 3.75. The Labute approximate surface area is 163 Å². The van der Waals surface area contributed by atoms with Gasteiger partial charge in [0.05, 0.1) is 12.3 Å². The van der Waals surface area contributed by atoms with Gasteiger partial charge in [0, 0.05) is 30.5 Å². The Balaban J connectivity index is 1.13. The number of piperidine rings is 1. The number of hydrogen-bond donors (Lipinski definition) is 0. The predicted octanol–water partition coefficient (Wildman–Crippen LogP) is 4.03. The van der Waals surface area contributed by atoms with E-state index in [1.54, 1.807) is 0 Å². The highest BCUT2D eigenvalue weighted by atomic mass is 16.5. The Morgan fingerprint density at radius 3 is 2.61 bits per heavy atom. The van der Waals surface area contributed by atoms with E-state index in [1.807, 2.05) is 47.4 Å². The lowest BCUT2D eigenvalue weighted by Crippen LogP contribution is -2.39. The van der Waals surface area contributed by atoms with Crippen LogP contribution < -0.4 is 4.74 Å². The van der Waals surface area contributed by atoms with Gasteiger partial charge >= 0.3 is 0 Å². The first kappa shape index (κ1) is 17.2. The highest BCUT2D eigenvalue weighted by Crippen LogP contribution is 2.38. The first-order chi connectivity index (χ1) is 13.8. The Morgan fingerprint density at radius 2 is 1.89 bits per heavy atom. The molecule has 3 aromatic rings. The highest BCUT2D eigenvalue weighted by Gasteiger charge is 2.27. The zero-order valence-corrected chi connectivity index (χ0v) is 15.7. The predicted molar refractivity (Wildman–Crippen MR) is 104 cm³/mol. The summed E-state index contributed by atoms with van der Waals surface area (Å²) in [4.78, 5) is 14.6. The molecular weight excluding hydrogens is 354 g/mol. The number of amides is 1. The number of rotatable bonds is 5. The molecule has 0 N–H and O–H groups in total. The Morgan fingerprint density at radius 1 is 1.07 bits per heavy atom. The molecule has 6 heteroatoms. The summed E-state index contributed by atoms with van der Waals surface area (Å²) in [6.45, 7) is 2.05. The minimum Gasteiger partial charge on any atom is -0.476 e. The monoisotopic (exact) mass is 377 g/mol. The van der Waals surface area contributed by atoms with Gasteiger partial charge in [0.1, 0.15) is 5.58 Å². The van der Waals surface area contributed by atoms with Crippen LogP contribution in [0.5, 0.6) is 5.88 Å². The molecule has 1 aliphatic heterocycles. The van der Waals surface area contributed by atoms with Crippen molar-refractivity contribution in [1.29, 1.82) is 0 Å². The van der Waals surface area contributed by atoms with E-state index in [1.165, 1.54) is 12.8 Å². The van der Waals surface area contributed by atoms with E-state index in [0.29, 0.717) is 30.1 Å². The third-order valence-electron chi connectivity index (χ3n) is 5.66. The highest BCUT2D eigenvalue weighted by molar-refractivity contribution is 5.96. The molecule has 5 rings (SSSR count). The zero-order chi connectivity index (χ0) is 18.9. The molecule has 0 bridgehead atoms. The number of benzene rings is 1. The van der Waals surface area contributed by atoms with Crippen LogP contribution in [-0.2, 0) is 0 Å². The maximum Gasteiger partial charge on any atom is 0.289 e. The lowest BCUT2D eigenvalue weighted by atomic mass is 9.97. The molecule has 6 nitrogen and oxygen atoms in total. The third-order valence-corrected chi connectivity index (χ3v) is 5.66. The van der Waals surface area contributed by atoms with Crippen molar-refractivity contribution < 1.29 is 13.9 Å². The molecule has 1 saturated carbocycles. The van der Waals surface area contributed by atoms with Crippen LogP contribution in [0.2, 0.25) is 0 Å². The van der Waals surface area contributed by atoms with Gasteiger partial charge in [-0.3, -0.25) is 4.79 Å². The van der Waals surface area contributed by atoms with Crippen molar-refractivity contribution in [2.24, 2.45) is 5.92 Å². The van der Waals surface area contributed by atoms with E-state index in [2.05, 4.69) is 10.2 Å². The molecule has 1 aliphatic carbocycles. The Hall–Kier alpha value is -2.89. The van der Waals surface area contributed by atoms with Crippen LogP contribution in [0.4, 0.5) is 0 Å². The van der Waals surface area contributed by atoms with Crippen LogP contribution in [0.3, 0.4) is 0 Å². The number of nitrogens with zero attached hydrogens (tertiary/aromatic N) is 3. The van der Waals surface area contributed by atoms with Crippen molar-refractivity contribution in [2.45, 2.75) is 31.6 Å². The number of hydrogen-bond acceptors (Lipinski definition) is 5. The van der Waals surface area contributed by atoms with E-state index in [9.17, 15) is 4.79 Å². The lowest BCUT2D eigenvalue weighted by molar-refractivity contribution is 0.0630. The number of ether oxygens (including phenoxy) is 1. The summed E-state index contributed by atoms with van der Waals surface area (Å²) >= 11 is 0. The first-order valence-corrected chi connectivity index (χ1v) is 10.0. The van der Waals surface area contributed by atoms with Gasteiger partial charge in [-0.1, -0.05) is 18.2 Å². The van der Waals surface area contributed by atoms with Crippen molar-refractivity contribution in [3.63, 3.8) is 0 Å². The van der Waals surface area contributed by atoms with Crippen molar-refractivity contribution in [1.82, 2.24) is 15.1 Å². The number of aromatic nitrogens is 2. The molecule has 0 atom stereocenters. The number of likely N-dealkylation sites (tertiary alicyclic amines) is 1. The second-order valence-corrected chi connectivity index (χ2v) is 7.77. The Kier molecular flexibility index (Phi) is 4.47. The van der Waals surface area contributed by atoms with Gasteiger partial charge in [-0.05, 0) is 49.8 Å². The largest absolute Gasteiger partial charge is 0.476 e. The van der Waals surface area contributed by atoms with Gasteiger partial charge in [-0.15, -0.1) is 5.10 Å². The van der Waals surface area contributed by atoms with Crippen LogP contribution in [0.15, 0.2) is 46.9 Å². The van der Waals surface area contributed by atoms with Crippen LogP contribution >= 0.6 is 0 Å². The van der Waals surface area contributed by atoms with E-state index in [4.69, 9.17) is 9.15 Å². The van der Waals surface area contributed by atoms with Gasteiger partial charge in [-0.2, -0.15) is 5.10 Å². The van der Waals surface area contributed by atoms with E-state index >= 15 is 0 Å². The maximum atomic E-state index is 12.7. The molecule has 3 heterocycles. The molecule has 2 fully saturated rings. The molecule has 28 heavy (non-hydrogen) atoms. The van der Waals surface area contributed by atoms with Crippen LogP contribution in [0.1, 0.15) is 47.8 Å². The van der Waals surface area contributed by atoms with E-state index < -0.39 is 0 Å². The molecule has 2 aliphatic rings. The summed E-state index contributed by atoms with van der Waals surface area (Å²) in [6.07, 6.45) is 4.28. The second-order valence-electron chi connectivity index (χ2n) is 7.77. The molecule has 0 unspecified atom stereocenters.